The molecule has 192 valence electrons. The van der Waals surface area contributed by atoms with Gasteiger partial charge in [-0.15, -0.1) is 0 Å². The first-order valence-electron chi connectivity index (χ1n) is 13.4. The van der Waals surface area contributed by atoms with Gasteiger partial charge in [0.1, 0.15) is 11.4 Å². The van der Waals surface area contributed by atoms with Crippen molar-refractivity contribution in [3.05, 3.63) is 65.7 Å². The van der Waals surface area contributed by atoms with Gasteiger partial charge in [-0.05, 0) is 113 Å². The summed E-state index contributed by atoms with van der Waals surface area (Å²) in [6, 6.07) is 13.0. The van der Waals surface area contributed by atoms with E-state index in [0.717, 1.165) is 67.9 Å². The average Bonchev–Trinajstić information content (AvgIpc) is 3.31. The molecule has 0 unspecified atom stereocenters. The zero-order chi connectivity index (χ0) is 25.1. The predicted molar refractivity (Wildman–Crippen MR) is 143 cm³/mol. The van der Waals surface area contributed by atoms with Crippen molar-refractivity contribution in [1.29, 1.82) is 0 Å². The molecule has 1 aromatic heterocycles. The highest BCUT2D eigenvalue weighted by Gasteiger charge is 2.26. The number of likely N-dealkylation sites (tertiary alicyclic amines) is 1. The maximum Gasteiger partial charge on any atom is 0.251 e. The fourth-order valence-corrected chi connectivity index (χ4v) is 5.95. The molecule has 1 aliphatic carbocycles. The van der Waals surface area contributed by atoms with Gasteiger partial charge in [-0.1, -0.05) is 0 Å². The lowest BCUT2D eigenvalue weighted by Gasteiger charge is -2.34. The van der Waals surface area contributed by atoms with Crippen molar-refractivity contribution < 1.29 is 13.6 Å². The maximum absolute atomic E-state index is 13.5. The molecule has 5 nitrogen and oxygen atoms in total. The van der Waals surface area contributed by atoms with Crippen molar-refractivity contribution in [1.82, 2.24) is 10.2 Å². The number of carbonyl (C=O) groups excluding carboxylic acids is 1. The maximum atomic E-state index is 13.5. The Morgan fingerprint density at radius 1 is 1.03 bits per heavy atom. The van der Waals surface area contributed by atoms with Gasteiger partial charge in [0.05, 0.1) is 6.26 Å². The number of amides is 1. The summed E-state index contributed by atoms with van der Waals surface area (Å²) in [6.07, 6.45) is 9.86. The number of hydrogen-bond donors (Lipinski definition) is 1. The highest BCUT2D eigenvalue weighted by atomic mass is 19.1. The van der Waals surface area contributed by atoms with Crippen LogP contribution in [0.4, 0.5) is 10.1 Å². The SMILES string of the molecule is CN(C)c1ccc(C(=O)NC2CCC(CCN3CCC(c4coc5cc(F)ccc45)CC3)CC2)cc1. The molecule has 36 heavy (non-hydrogen) atoms. The molecule has 0 radical (unpaired) electrons. The van der Waals surface area contributed by atoms with Crippen LogP contribution in [0.5, 0.6) is 0 Å². The number of fused-ring (bicyclic) bond motifs is 1. The van der Waals surface area contributed by atoms with Crippen molar-refractivity contribution in [3.63, 3.8) is 0 Å². The molecule has 1 amide bonds. The number of piperidine rings is 1. The lowest BCUT2D eigenvalue weighted by molar-refractivity contribution is 0.0919. The highest BCUT2D eigenvalue weighted by molar-refractivity contribution is 5.94. The number of carbonyl (C=O) groups is 1. The quantitative estimate of drug-likeness (QED) is 0.428. The zero-order valence-electron chi connectivity index (χ0n) is 21.5. The zero-order valence-corrected chi connectivity index (χ0v) is 21.5. The van der Waals surface area contributed by atoms with E-state index in [0.29, 0.717) is 11.5 Å². The number of benzene rings is 2. The first kappa shape index (κ1) is 24.8. The topological polar surface area (TPSA) is 48.7 Å². The second kappa shape index (κ2) is 11.0. The van der Waals surface area contributed by atoms with Gasteiger partial charge in [-0.2, -0.15) is 0 Å². The van der Waals surface area contributed by atoms with Gasteiger partial charge in [0.25, 0.3) is 5.91 Å². The van der Waals surface area contributed by atoms with Gasteiger partial charge >= 0.3 is 0 Å². The molecular formula is C30H38FN3O2. The number of halogens is 1. The molecule has 5 rings (SSSR count). The molecule has 1 saturated carbocycles. The molecule has 2 aliphatic rings. The van der Waals surface area contributed by atoms with Crippen LogP contribution in [0.1, 0.15) is 66.8 Å². The standard InChI is InChI=1S/C30H38FN3O2/c1-33(2)26-10-5-23(6-11-26)30(35)32-25-8-3-21(4-9-25)13-16-34-17-14-22(15-18-34)28-20-36-29-19-24(31)7-12-27(28)29/h5-7,10-12,19-22,25H,3-4,8-9,13-18H2,1-2H3,(H,32,35). The number of hydrogen-bond acceptors (Lipinski definition) is 4. The van der Waals surface area contributed by atoms with Crippen LogP contribution in [0.15, 0.2) is 53.1 Å². The molecule has 1 saturated heterocycles. The van der Waals surface area contributed by atoms with Crippen molar-refractivity contribution in [2.75, 3.05) is 38.6 Å². The first-order chi connectivity index (χ1) is 17.5. The van der Waals surface area contributed by atoms with E-state index in [9.17, 15) is 9.18 Å². The summed E-state index contributed by atoms with van der Waals surface area (Å²) in [6.45, 7) is 3.37. The van der Waals surface area contributed by atoms with Crippen LogP contribution in [-0.2, 0) is 0 Å². The molecule has 6 heteroatoms. The van der Waals surface area contributed by atoms with Crippen LogP contribution in [0, 0.1) is 11.7 Å². The van der Waals surface area contributed by atoms with Crippen LogP contribution in [0.2, 0.25) is 0 Å². The Bertz CT molecular complexity index is 1160. The Morgan fingerprint density at radius 2 is 1.75 bits per heavy atom. The number of rotatable bonds is 7. The lowest BCUT2D eigenvalue weighted by atomic mass is 9.83. The van der Waals surface area contributed by atoms with Crippen molar-refractivity contribution in [2.24, 2.45) is 5.92 Å². The molecule has 0 atom stereocenters. The van der Waals surface area contributed by atoms with Crippen LogP contribution in [0.25, 0.3) is 11.0 Å². The van der Waals surface area contributed by atoms with E-state index >= 15 is 0 Å². The Balaban J connectivity index is 1.02. The highest BCUT2D eigenvalue weighted by Crippen LogP contribution is 2.35. The van der Waals surface area contributed by atoms with Crippen LogP contribution >= 0.6 is 0 Å². The summed E-state index contributed by atoms with van der Waals surface area (Å²) in [4.78, 5) is 17.3. The summed E-state index contributed by atoms with van der Waals surface area (Å²) in [7, 11) is 4.01. The molecule has 0 bridgehead atoms. The molecule has 2 fully saturated rings. The number of nitrogens with one attached hydrogen (secondary N) is 1. The Kier molecular flexibility index (Phi) is 7.61. The average molecular weight is 492 g/mol. The Labute approximate surface area is 213 Å². The first-order valence-corrected chi connectivity index (χ1v) is 13.4. The minimum atomic E-state index is -0.246. The summed E-state index contributed by atoms with van der Waals surface area (Å²) in [5.41, 5.74) is 3.73. The lowest BCUT2D eigenvalue weighted by Crippen LogP contribution is -2.38. The van der Waals surface area contributed by atoms with Crippen LogP contribution in [-0.4, -0.2) is 50.6 Å². The van der Waals surface area contributed by atoms with E-state index in [4.69, 9.17) is 4.42 Å². The Morgan fingerprint density at radius 3 is 2.44 bits per heavy atom. The van der Waals surface area contributed by atoms with Crippen molar-refractivity contribution >= 4 is 22.6 Å². The smallest absolute Gasteiger partial charge is 0.251 e. The molecule has 0 spiro atoms. The molecule has 1 N–H and O–H groups in total. The third-order valence-corrected chi connectivity index (χ3v) is 8.28. The monoisotopic (exact) mass is 491 g/mol. The van der Waals surface area contributed by atoms with Crippen molar-refractivity contribution in [2.45, 2.75) is 56.9 Å². The van der Waals surface area contributed by atoms with Crippen molar-refractivity contribution in [3.8, 4) is 0 Å². The second-order valence-electron chi connectivity index (χ2n) is 10.9. The molecule has 2 aromatic carbocycles. The number of nitrogens with zero attached hydrogens (tertiary/aromatic N) is 2. The fraction of sp³-hybridized carbons (Fsp3) is 0.500. The molecule has 2 heterocycles. The van der Waals surface area contributed by atoms with E-state index < -0.39 is 0 Å². The van der Waals surface area contributed by atoms with E-state index in [2.05, 4.69) is 10.2 Å². The van der Waals surface area contributed by atoms with E-state index in [1.807, 2.05) is 55.6 Å². The Hall–Kier alpha value is -2.86. The third-order valence-electron chi connectivity index (χ3n) is 8.28. The largest absolute Gasteiger partial charge is 0.464 e. The van der Waals surface area contributed by atoms with Gasteiger partial charge in [-0.25, -0.2) is 4.39 Å². The summed E-state index contributed by atoms with van der Waals surface area (Å²) in [5, 5.41) is 4.31. The second-order valence-corrected chi connectivity index (χ2v) is 10.9. The summed E-state index contributed by atoms with van der Waals surface area (Å²) >= 11 is 0. The van der Waals surface area contributed by atoms with Crippen LogP contribution in [0.3, 0.4) is 0 Å². The fourth-order valence-electron chi connectivity index (χ4n) is 5.95. The van der Waals surface area contributed by atoms with E-state index in [1.54, 1.807) is 0 Å². The van der Waals surface area contributed by atoms with Gasteiger partial charge in [0.2, 0.25) is 0 Å². The molecular weight excluding hydrogens is 453 g/mol. The predicted octanol–water partition coefficient (Wildman–Crippen LogP) is 6.20. The number of anilines is 1. The van der Waals surface area contributed by atoms with E-state index in [-0.39, 0.29) is 17.8 Å². The molecule has 3 aromatic rings. The minimum absolute atomic E-state index is 0.0437. The normalized spacial score (nSPS) is 21.5. The third kappa shape index (κ3) is 5.75. The van der Waals surface area contributed by atoms with Gasteiger partial charge < -0.3 is 19.5 Å². The van der Waals surface area contributed by atoms with Crippen LogP contribution < -0.4 is 10.2 Å². The van der Waals surface area contributed by atoms with Gasteiger partial charge in [-0.3, -0.25) is 4.79 Å². The molecule has 1 aliphatic heterocycles. The number of furan rings is 1. The van der Waals surface area contributed by atoms with Gasteiger partial charge in [0, 0.05) is 48.4 Å². The summed E-state index contributed by atoms with van der Waals surface area (Å²) in [5.74, 6) is 1.04. The van der Waals surface area contributed by atoms with E-state index in [1.165, 1.54) is 37.0 Å². The summed E-state index contributed by atoms with van der Waals surface area (Å²) < 4.78 is 19.1. The van der Waals surface area contributed by atoms with Gasteiger partial charge in [0.15, 0.2) is 0 Å². The minimum Gasteiger partial charge on any atom is -0.464 e.